The summed E-state index contributed by atoms with van der Waals surface area (Å²) >= 11 is 1.52. The fourth-order valence-electron chi connectivity index (χ4n) is 5.93. The van der Waals surface area contributed by atoms with Crippen LogP contribution in [0.4, 0.5) is 5.69 Å². The van der Waals surface area contributed by atoms with Gasteiger partial charge in [-0.05, 0) is 80.5 Å². The number of hydrogen-bond donors (Lipinski definition) is 1. The third-order valence-electron chi connectivity index (χ3n) is 8.69. The minimum absolute atomic E-state index is 0.0609. The first-order valence-electron chi connectivity index (χ1n) is 16.1. The van der Waals surface area contributed by atoms with E-state index >= 15 is 0 Å². The van der Waals surface area contributed by atoms with E-state index < -0.39 is 28.5 Å². The van der Waals surface area contributed by atoms with Gasteiger partial charge in [0.05, 0.1) is 10.6 Å². The highest BCUT2D eigenvalue weighted by atomic mass is 32.2. The van der Waals surface area contributed by atoms with Crippen molar-refractivity contribution in [1.29, 1.82) is 0 Å². The summed E-state index contributed by atoms with van der Waals surface area (Å²) in [6.07, 6.45) is 6.15. The summed E-state index contributed by atoms with van der Waals surface area (Å²) in [6.45, 7) is 3.60. The van der Waals surface area contributed by atoms with Crippen molar-refractivity contribution in [3.05, 3.63) is 125 Å². The van der Waals surface area contributed by atoms with Crippen LogP contribution in [0.2, 0.25) is 0 Å². The molecule has 0 aromatic heterocycles. The Morgan fingerprint density at radius 1 is 0.809 bits per heavy atom. The van der Waals surface area contributed by atoms with Crippen LogP contribution in [0.1, 0.15) is 47.9 Å². The molecular weight excluding hydrogens is 627 g/mol. The predicted octanol–water partition coefficient (Wildman–Crippen LogP) is 6.92. The zero-order valence-electron chi connectivity index (χ0n) is 27.3. The zero-order chi connectivity index (χ0) is 33.4. The van der Waals surface area contributed by atoms with Gasteiger partial charge in [0.25, 0.3) is 10.0 Å². The van der Waals surface area contributed by atoms with Crippen LogP contribution in [-0.2, 0) is 32.6 Å². The molecule has 1 fully saturated rings. The molecule has 2 amide bonds. The minimum Gasteiger partial charge on any atom is -0.352 e. The molecule has 7 nitrogen and oxygen atoms in total. The number of thioether (sulfide) groups is 1. The molecule has 4 aromatic rings. The number of hydrogen-bond acceptors (Lipinski definition) is 5. The van der Waals surface area contributed by atoms with E-state index in [9.17, 15) is 18.0 Å². The Bertz CT molecular complexity index is 1740. The number of amides is 2. The Kier molecular flexibility index (Phi) is 11.4. The van der Waals surface area contributed by atoms with Crippen LogP contribution >= 0.6 is 11.8 Å². The molecule has 1 aliphatic rings. The van der Waals surface area contributed by atoms with Gasteiger partial charge < -0.3 is 10.2 Å². The highest BCUT2D eigenvalue weighted by molar-refractivity contribution is 7.98. The average molecular weight is 670 g/mol. The molecule has 47 heavy (non-hydrogen) atoms. The van der Waals surface area contributed by atoms with Gasteiger partial charge in [0.1, 0.15) is 12.6 Å². The predicted molar refractivity (Wildman–Crippen MR) is 190 cm³/mol. The van der Waals surface area contributed by atoms with E-state index in [-0.39, 0.29) is 23.4 Å². The fraction of sp³-hybridized carbons (Fsp3) is 0.316. The Morgan fingerprint density at radius 2 is 1.40 bits per heavy atom. The van der Waals surface area contributed by atoms with E-state index in [1.807, 2.05) is 86.8 Å². The van der Waals surface area contributed by atoms with Crippen molar-refractivity contribution >= 4 is 39.3 Å². The van der Waals surface area contributed by atoms with Crippen LogP contribution in [0, 0.1) is 13.8 Å². The monoisotopic (exact) mass is 669 g/mol. The summed E-state index contributed by atoms with van der Waals surface area (Å²) in [4.78, 5) is 31.4. The molecule has 9 heteroatoms. The van der Waals surface area contributed by atoms with E-state index in [0.29, 0.717) is 12.1 Å². The van der Waals surface area contributed by atoms with Crippen LogP contribution < -0.4 is 9.62 Å². The normalized spacial score (nSPS) is 14.0. The number of rotatable bonds is 13. The van der Waals surface area contributed by atoms with Gasteiger partial charge in [-0.1, -0.05) is 90.7 Å². The van der Waals surface area contributed by atoms with Gasteiger partial charge in [-0.2, -0.15) is 0 Å². The SMILES string of the molecule is CSc1ccc(S(=O)(=O)N(CC(=O)N(Cc2ccc(C)cc2)[C@@H](Cc2ccccc2)C(=O)NC2CCCC2)c2ccc(C)cc2)cc1. The molecule has 4 aromatic carbocycles. The number of anilines is 1. The topological polar surface area (TPSA) is 86.8 Å². The van der Waals surface area contributed by atoms with E-state index in [4.69, 9.17) is 0 Å². The van der Waals surface area contributed by atoms with Gasteiger partial charge in [-0.3, -0.25) is 13.9 Å². The summed E-state index contributed by atoms with van der Waals surface area (Å²) in [7, 11) is -4.15. The van der Waals surface area contributed by atoms with E-state index in [1.54, 1.807) is 41.3 Å². The number of benzene rings is 4. The maximum absolute atomic E-state index is 14.7. The first-order chi connectivity index (χ1) is 22.6. The summed E-state index contributed by atoms with van der Waals surface area (Å²) in [5.41, 5.74) is 4.19. The Morgan fingerprint density at radius 3 is 2.00 bits per heavy atom. The zero-order valence-corrected chi connectivity index (χ0v) is 28.9. The van der Waals surface area contributed by atoms with Crippen LogP contribution in [-0.4, -0.2) is 50.0 Å². The molecule has 1 saturated carbocycles. The van der Waals surface area contributed by atoms with Crippen molar-refractivity contribution in [2.75, 3.05) is 17.1 Å². The van der Waals surface area contributed by atoms with E-state index in [0.717, 1.165) is 52.8 Å². The Labute approximate surface area is 283 Å². The molecular formula is C38H43N3O4S2. The van der Waals surface area contributed by atoms with Crippen molar-refractivity contribution in [3.63, 3.8) is 0 Å². The average Bonchev–Trinajstić information content (AvgIpc) is 3.60. The highest BCUT2D eigenvalue weighted by Gasteiger charge is 2.35. The quantitative estimate of drug-likeness (QED) is 0.156. The molecule has 0 radical (unpaired) electrons. The van der Waals surface area contributed by atoms with E-state index in [2.05, 4.69) is 5.32 Å². The molecule has 1 N–H and O–H groups in total. The number of nitrogens with one attached hydrogen (secondary N) is 1. The highest BCUT2D eigenvalue weighted by Crippen LogP contribution is 2.27. The lowest BCUT2D eigenvalue weighted by Gasteiger charge is -2.34. The lowest BCUT2D eigenvalue weighted by Crippen LogP contribution is -2.54. The summed E-state index contributed by atoms with van der Waals surface area (Å²) in [5.74, 6) is -0.684. The van der Waals surface area contributed by atoms with Gasteiger partial charge >= 0.3 is 0 Å². The van der Waals surface area contributed by atoms with Crippen molar-refractivity contribution in [2.24, 2.45) is 0 Å². The minimum atomic E-state index is -4.15. The molecule has 1 atom stereocenters. The maximum Gasteiger partial charge on any atom is 0.264 e. The molecule has 246 valence electrons. The molecule has 0 unspecified atom stereocenters. The Balaban J connectivity index is 1.55. The van der Waals surface area contributed by atoms with Crippen LogP contribution in [0.5, 0.6) is 0 Å². The summed E-state index contributed by atoms with van der Waals surface area (Å²) in [6, 6.07) is 30.5. The van der Waals surface area contributed by atoms with Crippen LogP contribution in [0.15, 0.2) is 113 Å². The largest absolute Gasteiger partial charge is 0.352 e. The number of carbonyl (C=O) groups excluding carboxylic acids is 2. The number of nitrogens with zero attached hydrogens (tertiary/aromatic N) is 2. The van der Waals surface area contributed by atoms with Crippen LogP contribution in [0.25, 0.3) is 0 Å². The van der Waals surface area contributed by atoms with Crippen molar-refractivity contribution < 1.29 is 18.0 Å². The standard InChI is InChI=1S/C38H43N3O4S2/c1-28-13-17-31(18-14-28)26-40(36(25-30-9-5-4-6-10-30)38(43)39-32-11-7-8-12-32)37(42)27-41(33-19-15-29(2)16-20-33)47(44,45)35-23-21-34(46-3)22-24-35/h4-6,9-10,13-24,32,36H,7-8,11-12,25-27H2,1-3H3,(H,39,43)/t36-/m0/s1. The molecule has 0 bridgehead atoms. The van der Waals surface area contributed by atoms with Crippen LogP contribution in [0.3, 0.4) is 0 Å². The van der Waals surface area contributed by atoms with E-state index in [1.165, 1.54) is 16.1 Å². The Hall–Kier alpha value is -4.08. The van der Waals surface area contributed by atoms with Gasteiger partial charge in [0.15, 0.2) is 0 Å². The van der Waals surface area contributed by atoms with Gasteiger partial charge in [0, 0.05) is 23.9 Å². The number of carbonyl (C=O) groups is 2. The lowest BCUT2D eigenvalue weighted by molar-refractivity contribution is -0.140. The first-order valence-corrected chi connectivity index (χ1v) is 18.7. The molecule has 5 rings (SSSR count). The molecule has 0 saturated heterocycles. The van der Waals surface area contributed by atoms with Gasteiger partial charge in [-0.25, -0.2) is 8.42 Å². The maximum atomic E-state index is 14.7. The second-order valence-corrected chi connectivity index (χ2v) is 15.0. The van der Waals surface area contributed by atoms with Crippen molar-refractivity contribution in [2.45, 2.75) is 74.4 Å². The summed E-state index contributed by atoms with van der Waals surface area (Å²) < 4.78 is 29.7. The van der Waals surface area contributed by atoms with Crippen molar-refractivity contribution in [3.8, 4) is 0 Å². The molecule has 0 aliphatic heterocycles. The third-order valence-corrected chi connectivity index (χ3v) is 11.2. The second-order valence-electron chi connectivity index (χ2n) is 12.2. The third kappa shape index (κ3) is 8.84. The lowest BCUT2D eigenvalue weighted by atomic mass is 10.0. The molecule has 0 spiro atoms. The number of sulfonamides is 1. The first kappa shape index (κ1) is 34.3. The summed E-state index contributed by atoms with van der Waals surface area (Å²) in [5, 5.41) is 3.22. The number of aryl methyl sites for hydroxylation is 2. The van der Waals surface area contributed by atoms with Gasteiger partial charge in [-0.15, -0.1) is 11.8 Å². The second kappa shape index (κ2) is 15.7. The smallest absolute Gasteiger partial charge is 0.264 e. The fourth-order valence-corrected chi connectivity index (χ4v) is 7.75. The molecule has 0 heterocycles. The van der Waals surface area contributed by atoms with Gasteiger partial charge in [0.2, 0.25) is 11.8 Å². The molecule has 1 aliphatic carbocycles. The van der Waals surface area contributed by atoms with Crippen molar-refractivity contribution in [1.82, 2.24) is 10.2 Å².